The minimum atomic E-state index is -0.452. The molecule has 3 N–H and O–H groups in total. The van der Waals surface area contributed by atoms with Crippen LogP contribution >= 0.6 is 0 Å². The highest BCUT2D eigenvalue weighted by Gasteiger charge is 2.34. The number of carbonyl (C=O) groups excluding carboxylic acids is 1. The molecule has 1 heterocycles. The molecule has 24 heavy (non-hydrogen) atoms. The molecule has 1 aliphatic heterocycles. The zero-order valence-corrected chi connectivity index (χ0v) is 16.3. The van der Waals surface area contributed by atoms with Crippen LogP contribution < -0.4 is 16.0 Å². The predicted molar refractivity (Wildman–Crippen MR) is 98.5 cm³/mol. The van der Waals surface area contributed by atoms with Crippen LogP contribution in [0.5, 0.6) is 0 Å². The van der Waals surface area contributed by atoms with Crippen molar-refractivity contribution >= 4 is 12.1 Å². The summed E-state index contributed by atoms with van der Waals surface area (Å²) in [4.78, 5) is 18.2. The van der Waals surface area contributed by atoms with E-state index in [1.165, 1.54) is 0 Å². The molecule has 1 amide bonds. The lowest BCUT2D eigenvalue weighted by Crippen LogP contribution is -2.63. The normalized spacial score (nSPS) is 16.6. The van der Waals surface area contributed by atoms with Gasteiger partial charge >= 0.3 is 6.09 Å². The Hall–Kier alpha value is -1.50. The molecule has 0 saturated carbocycles. The Balaban J connectivity index is 2.36. The van der Waals surface area contributed by atoms with E-state index < -0.39 is 5.60 Å². The van der Waals surface area contributed by atoms with Gasteiger partial charge in [-0.1, -0.05) is 0 Å². The van der Waals surface area contributed by atoms with Gasteiger partial charge in [0.1, 0.15) is 5.60 Å². The molecule has 0 aromatic rings. The first-order chi connectivity index (χ1) is 11.0. The van der Waals surface area contributed by atoms with E-state index in [0.717, 1.165) is 19.0 Å². The molecule has 1 fully saturated rings. The fourth-order valence-corrected chi connectivity index (χ4v) is 2.16. The number of hydrogen-bond acceptors (Lipinski definition) is 4. The van der Waals surface area contributed by atoms with Crippen LogP contribution in [0.1, 0.15) is 48.5 Å². The lowest BCUT2D eigenvalue weighted by molar-refractivity contribution is 0.00701. The van der Waals surface area contributed by atoms with E-state index in [-0.39, 0.29) is 17.7 Å². The van der Waals surface area contributed by atoms with E-state index in [1.54, 1.807) is 4.90 Å². The Bertz CT molecular complexity index is 431. The van der Waals surface area contributed by atoms with Crippen molar-refractivity contribution in [1.82, 2.24) is 20.9 Å². The number of likely N-dealkylation sites (tertiary alicyclic amines) is 1. The van der Waals surface area contributed by atoms with Gasteiger partial charge in [0.2, 0.25) is 0 Å². The Kier molecular flexibility index (Phi) is 7.32. The van der Waals surface area contributed by atoms with Gasteiger partial charge in [-0.2, -0.15) is 0 Å². The van der Waals surface area contributed by atoms with Gasteiger partial charge in [-0.3, -0.25) is 4.99 Å². The summed E-state index contributed by atoms with van der Waals surface area (Å²) in [6, 6.07) is 0.214. The second-order valence-electron chi connectivity index (χ2n) is 8.16. The topological polar surface area (TPSA) is 78.0 Å². The first-order valence-corrected chi connectivity index (χ1v) is 8.78. The van der Waals surface area contributed by atoms with E-state index >= 15 is 0 Å². The molecule has 0 aromatic carbocycles. The molecule has 0 bridgehead atoms. The molecular formula is C17H35N5O2. The Morgan fingerprint density at radius 2 is 1.83 bits per heavy atom. The van der Waals surface area contributed by atoms with Crippen LogP contribution in [0.15, 0.2) is 4.99 Å². The number of aliphatic imine (C=N–C) groups is 1. The van der Waals surface area contributed by atoms with Gasteiger partial charge in [-0.25, -0.2) is 4.79 Å². The van der Waals surface area contributed by atoms with Gasteiger partial charge in [-0.05, 0) is 48.5 Å². The highest BCUT2D eigenvalue weighted by Crippen LogP contribution is 2.15. The van der Waals surface area contributed by atoms with Gasteiger partial charge in [0, 0.05) is 31.7 Å². The zero-order valence-electron chi connectivity index (χ0n) is 16.3. The SMILES string of the molecule is CCNC(=NCCNC(C)(C)C)NC1CN(C(=O)OC(C)(C)C)C1. The maximum atomic E-state index is 11.9. The molecule has 0 aliphatic carbocycles. The molecule has 1 aliphatic rings. The maximum Gasteiger partial charge on any atom is 0.410 e. The fraction of sp³-hybridized carbons (Fsp3) is 0.882. The van der Waals surface area contributed by atoms with Crippen LogP contribution in [0, 0.1) is 0 Å². The van der Waals surface area contributed by atoms with Crippen molar-refractivity contribution in [3.05, 3.63) is 0 Å². The Labute approximate surface area is 146 Å². The zero-order chi connectivity index (χ0) is 18.4. The molecular weight excluding hydrogens is 306 g/mol. The summed E-state index contributed by atoms with van der Waals surface area (Å²) in [7, 11) is 0. The van der Waals surface area contributed by atoms with E-state index in [9.17, 15) is 4.79 Å². The van der Waals surface area contributed by atoms with Crippen molar-refractivity contribution in [3.63, 3.8) is 0 Å². The second kappa shape index (κ2) is 8.55. The van der Waals surface area contributed by atoms with Crippen molar-refractivity contribution in [2.45, 2.75) is 65.6 Å². The van der Waals surface area contributed by atoms with E-state index in [0.29, 0.717) is 19.6 Å². The number of nitrogens with one attached hydrogen (secondary N) is 3. The summed E-state index contributed by atoms with van der Waals surface area (Å²) in [5.74, 6) is 0.794. The number of amides is 1. The summed E-state index contributed by atoms with van der Waals surface area (Å²) in [6.07, 6.45) is -0.253. The van der Waals surface area contributed by atoms with E-state index in [2.05, 4.69) is 41.7 Å². The third kappa shape index (κ3) is 8.38. The highest BCUT2D eigenvalue weighted by molar-refractivity contribution is 5.80. The summed E-state index contributed by atoms with van der Waals surface area (Å²) in [5, 5.41) is 10.0. The molecule has 140 valence electrons. The molecule has 0 radical (unpaired) electrons. The molecule has 1 saturated heterocycles. The second-order valence-corrected chi connectivity index (χ2v) is 8.16. The van der Waals surface area contributed by atoms with Crippen molar-refractivity contribution in [2.75, 3.05) is 32.7 Å². The van der Waals surface area contributed by atoms with Crippen molar-refractivity contribution < 1.29 is 9.53 Å². The first-order valence-electron chi connectivity index (χ1n) is 8.78. The minimum absolute atomic E-state index is 0.100. The average molecular weight is 342 g/mol. The van der Waals surface area contributed by atoms with Crippen LogP contribution in [-0.4, -0.2) is 66.9 Å². The number of hydrogen-bond donors (Lipinski definition) is 3. The van der Waals surface area contributed by atoms with Crippen LogP contribution in [-0.2, 0) is 4.74 Å². The number of rotatable bonds is 5. The summed E-state index contributed by atoms with van der Waals surface area (Å²) in [5.41, 5.74) is -0.352. The standard InChI is InChI=1S/C17H35N5O2/c1-8-18-14(19-9-10-20-16(2,3)4)21-13-11-22(12-13)15(23)24-17(5,6)7/h13,20H,8-12H2,1-7H3,(H2,18,19,21). The van der Waals surface area contributed by atoms with Gasteiger partial charge in [-0.15, -0.1) is 0 Å². The first kappa shape index (κ1) is 20.5. The van der Waals surface area contributed by atoms with Gasteiger partial charge < -0.3 is 25.6 Å². The minimum Gasteiger partial charge on any atom is -0.444 e. The smallest absolute Gasteiger partial charge is 0.410 e. The lowest BCUT2D eigenvalue weighted by Gasteiger charge is -2.40. The summed E-state index contributed by atoms with van der Waals surface area (Å²) in [6.45, 7) is 17.7. The fourth-order valence-electron chi connectivity index (χ4n) is 2.16. The highest BCUT2D eigenvalue weighted by atomic mass is 16.6. The van der Waals surface area contributed by atoms with Gasteiger partial charge in [0.25, 0.3) is 0 Å². The van der Waals surface area contributed by atoms with Crippen LogP contribution in [0.4, 0.5) is 4.79 Å². The molecule has 0 spiro atoms. The molecule has 7 heteroatoms. The number of guanidine groups is 1. The van der Waals surface area contributed by atoms with Crippen molar-refractivity contribution in [1.29, 1.82) is 0 Å². The van der Waals surface area contributed by atoms with Crippen molar-refractivity contribution in [3.8, 4) is 0 Å². The van der Waals surface area contributed by atoms with Crippen molar-refractivity contribution in [2.24, 2.45) is 4.99 Å². The van der Waals surface area contributed by atoms with Gasteiger partial charge in [0.15, 0.2) is 5.96 Å². The molecule has 0 aromatic heterocycles. The third-order valence-electron chi connectivity index (χ3n) is 3.26. The average Bonchev–Trinajstić information content (AvgIpc) is 2.34. The number of nitrogens with zero attached hydrogens (tertiary/aromatic N) is 2. The van der Waals surface area contributed by atoms with E-state index in [1.807, 2.05) is 27.7 Å². The van der Waals surface area contributed by atoms with Crippen LogP contribution in [0.3, 0.4) is 0 Å². The third-order valence-corrected chi connectivity index (χ3v) is 3.26. The van der Waals surface area contributed by atoms with Crippen LogP contribution in [0.2, 0.25) is 0 Å². The Morgan fingerprint density at radius 3 is 2.33 bits per heavy atom. The number of ether oxygens (including phenoxy) is 1. The lowest BCUT2D eigenvalue weighted by atomic mass is 10.1. The Morgan fingerprint density at radius 1 is 1.21 bits per heavy atom. The maximum absolute atomic E-state index is 11.9. The van der Waals surface area contributed by atoms with E-state index in [4.69, 9.17) is 4.74 Å². The summed E-state index contributed by atoms with van der Waals surface area (Å²) < 4.78 is 5.36. The van der Waals surface area contributed by atoms with Crippen LogP contribution in [0.25, 0.3) is 0 Å². The summed E-state index contributed by atoms with van der Waals surface area (Å²) >= 11 is 0. The predicted octanol–water partition coefficient (Wildman–Crippen LogP) is 1.55. The quantitative estimate of drug-likeness (QED) is 0.402. The number of carbonyl (C=O) groups is 1. The monoisotopic (exact) mass is 341 g/mol. The molecule has 7 nitrogen and oxygen atoms in total. The molecule has 1 rings (SSSR count). The molecule has 0 atom stereocenters. The van der Waals surface area contributed by atoms with Gasteiger partial charge in [0.05, 0.1) is 12.6 Å². The molecule has 0 unspecified atom stereocenters. The largest absolute Gasteiger partial charge is 0.444 e.